The maximum atomic E-state index is 9.59. The van der Waals surface area contributed by atoms with Crippen LogP contribution in [-0.2, 0) is 4.74 Å². The number of ether oxygens (including phenoxy) is 1. The van der Waals surface area contributed by atoms with Gasteiger partial charge in [0.05, 0.1) is 17.8 Å². The SMILES string of the molecule is CC(C)[C@@H](CCCl)[C@@](C)(CCC1OC1(C)C)C(CC#N)Sc1ccccc1. The fourth-order valence-corrected chi connectivity index (χ4v) is 6.06. The molecule has 27 heavy (non-hydrogen) atoms. The summed E-state index contributed by atoms with van der Waals surface area (Å²) in [7, 11) is 0. The van der Waals surface area contributed by atoms with Gasteiger partial charge < -0.3 is 4.74 Å². The van der Waals surface area contributed by atoms with Crippen molar-refractivity contribution >= 4 is 23.4 Å². The fraction of sp³-hybridized carbons (Fsp3) is 0.696. The van der Waals surface area contributed by atoms with Crippen molar-refractivity contribution in [3.05, 3.63) is 30.3 Å². The third-order valence-corrected chi connectivity index (χ3v) is 7.97. The molecule has 1 aromatic carbocycles. The smallest absolute Gasteiger partial charge is 0.0892 e. The Morgan fingerprint density at radius 1 is 1.30 bits per heavy atom. The summed E-state index contributed by atoms with van der Waals surface area (Å²) in [6.45, 7) is 11.3. The second-order valence-electron chi connectivity index (χ2n) is 8.86. The number of hydrogen-bond donors (Lipinski definition) is 0. The molecule has 1 aliphatic heterocycles. The molecule has 0 aliphatic carbocycles. The lowest BCUT2D eigenvalue weighted by molar-refractivity contribution is 0.108. The molecule has 1 aromatic rings. The average Bonchev–Trinajstić information content (AvgIpc) is 3.24. The Balaban J connectivity index is 2.29. The van der Waals surface area contributed by atoms with Crippen molar-refractivity contribution in [2.24, 2.45) is 17.3 Å². The van der Waals surface area contributed by atoms with Crippen molar-refractivity contribution < 1.29 is 4.74 Å². The molecule has 0 amide bonds. The third kappa shape index (κ3) is 5.89. The largest absolute Gasteiger partial charge is 0.367 e. The van der Waals surface area contributed by atoms with Crippen molar-refractivity contribution in [3.63, 3.8) is 0 Å². The van der Waals surface area contributed by atoms with E-state index >= 15 is 0 Å². The third-order valence-electron chi connectivity index (χ3n) is 6.22. The lowest BCUT2D eigenvalue weighted by Crippen LogP contribution is -2.41. The number of hydrogen-bond acceptors (Lipinski definition) is 3. The Kier molecular flexibility index (Phi) is 8.10. The molecule has 0 radical (unpaired) electrons. The highest BCUT2D eigenvalue weighted by atomic mass is 35.5. The normalized spacial score (nSPS) is 22.7. The van der Waals surface area contributed by atoms with E-state index in [0.717, 1.165) is 19.3 Å². The summed E-state index contributed by atoms with van der Waals surface area (Å²) in [4.78, 5) is 1.24. The van der Waals surface area contributed by atoms with Crippen LogP contribution in [-0.4, -0.2) is 22.8 Å². The fourth-order valence-electron chi connectivity index (χ4n) is 4.46. The van der Waals surface area contributed by atoms with E-state index in [1.807, 2.05) is 17.8 Å². The summed E-state index contributed by atoms with van der Waals surface area (Å²) < 4.78 is 5.86. The molecule has 4 heteroatoms. The van der Waals surface area contributed by atoms with Crippen LogP contribution in [0.3, 0.4) is 0 Å². The van der Waals surface area contributed by atoms with Gasteiger partial charge in [-0.25, -0.2) is 0 Å². The molecule has 2 unspecified atom stereocenters. The van der Waals surface area contributed by atoms with Crippen molar-refractivity contribution in [1.82, 2.24) is 0 Å². The molecule has 0 N–H and O–H groups in total. The molecule has 1 saturated heterocycles. The predicted octanol–water partition coefficient (Wildman–Crippen LogP) is 6.93. The molecular weight excluding hydrogens is 374 g/mol. The van der Waals surface area contributed by atoms with E-state index in [4.69, 9.17) is 16.3 Å². The van der Waals surface area contributed by atoms with Gasteiger partial charge >= 0.3 is 0 Å². The van der Waals surface area contributed by atoms with E-state index in [1.165, 1.54) is 4.90 Å². The summed E-state index contributed by atoms with van der Waals surface area (Å²) in [5.74, 6) is 1.67. The first-order chi connectivity index (χ1) is 12.7. The number of epoxide rings is 1. The molecule has 0 saturated carbocycles. The zero-order valence-corrected chi connectivity index (χ0v) is 18.9. The number of halogens is 1. The average molecular weight is 408 g/mol. The number of alkyl halides is 1. The van der Waals surface area contributed by atoms with Gasteiger partial charge in [-0.1, -0.05) is 39.0 Å². The Morgan fingerprint density at radius 3 is 2.41 bits per heavy atom. The summed E-state index contributed by atoms with van der Waals surface area (Å²) in [6.07, 6.45) is 3.99. The van der Waals surface area contributed by atoms with Crippen molar-refractivity contribution in [1.29, 1.82) is 5.26 Å². The van der Waals surface area contributed by atoms with Gasteiger partial charge in [-0.3, -0.25) is 0 Å². The van der Waals surface area contributed by atoms with Gasteiger partial charge in [0.1, 0.15) is 0 Å². The zero-order chi connectivity index (χ0) is 20.1. The van der Waals surface area contributed by atoms with Gasteiger partial charge in [-0.2, -0.15) is 5.26 Å². The highest BCUT2D eigenvalue weighted by Gasteiger charge is 2.50. The molecule has 0 spiro atoms. The molecule has 2 nitrogen and oxygen atoms in total. The summed E-state index contributed by atoms with van der Waals surface area (Å²) in [5, 5.41) is 9.83. The van der Waals surface area contributed by atoms with Crippen LogP contribution < -0.4 is 0 Å². The van der Waals surface area contributed by atoms with E-state index in [0.29, 0.717) is 30.2 Å². The Labute approximate surface area is 175 Å². The molecular formula is C23H34ClNOS. The molecule has 0 bridgehead atoms. The number of nitriles is 1. The summed E-state index contributed by atoms with van der Waals surface area (Å²) in [6, 6.07) is 12.9. The van der Waals surface area contributed by atoms with Gasteiger partial charge in [0.15, 0.2) is 0 Å². The first-order valence-electron chi connectivity index (χ1n) is 10.1. The van der Waals surface area contributed by atoms with Gasteiger partial charge in [-0.05, 0) is 62.5 Å². The molecule has 4 atom stereocenters. The van der Waals surface area contributed by atoms with E-state index in [2.05, 4.69) is 65.0 Å². The predicted molar refractivity (Wildman–Crippen MR) is 116 cm³/mol. The Morgan fingerprint density at radius 2 is 1.93 bits per heavy atom. The van der Waals surface area contributed by atoms with Crippen LogP contribution >= 0.6 is 23.4 Å². The van der Waals surface area contributed by atoms with Crippen LogP contribution in [0.4, 0.5) is 0 Å². The van der Waals surface area contributed by atoms with Crippen molar-refractivity contribution in [2.45, 2.75) is 82.2 Å². The van der Waals surface area contributed by atoms with Crippen LogP contribution in [0.25, 0.3) is 0 Å². The van der Waals surface area contributed by atoms with Gasteiger partial charge in [0.2, 0.25) is 0 Å². The van der Waals surface area contributed by atoms with Crippen molar-refractivity contribution in [2.75, 3.05) is 5.88 Å². The monoisotopic (exact) mass is 407 g/mol. The minimum absolute atomic E-state index is 0.0119. The van der Waals surface area contributed by atoms with Crippen molar-refractivity contribution in [3.8, 4) is 6.07 Å². The molecule has 1 heterocycles. The first-order valence-corrected chi connectivity index (χ1v) is 11.5. The molecule has 2 rings (SSSR count). The van der Waals surface area contributed by atoms with E-state index in [1.54, 1.807) is 0 Å². The number of nitrogens with zero attached hydrogens (tertiary/aromatic N) is 1. The van der Waals surface area contributed by atoms with Gasteiger partial charge in [0.25, 0.3) is 0 Å². The number of thioether (sulfide) groups is 1. The van der Waals surface area contributed by atoms with E-state index in [-0.39, 0.29) is 16.3 Å². The van der Waals surface area contributed by atoms with Gasteiger partial charge in [0, 0.05) is 22.4 Å². The highest BCUT2D eigenvalue weighted by Crippen LogP contribution is 2.51. The standard InChI is InChI=1S/C23H34ClNOS/c1-17(2)19(12-15-24)23(5,14-11-20-22(3,4)26-20)21(13-16-25)27-18-9-7-6-8-10-18/h6-10,17,19-21H,11-15H2,1-5H3/t19-,20?,21?,23-/m1/s1. The van der Waals surface area contributed by atoms with Crippen LogP contribution in [0.5, 0.6) is 0 Å². The molecule has 1 fully saturated rings. The highest BCUT2D eigenvalue weighted by molar-refractivity contribution is 8.00. The maximum absolute atomic E-state index is 9.59. The lowest BCUT2D eigenvalue weighted by atomic mass is 9.64. The minimum Gasteiger partial charge on any atom is -0.367 e. The molecule has 1 aliphatic rings. The second kappa shape index (κ2) is 9.68. The second-order valence-corrected chi connectivity index (χ2v) is 10.5. The lowest BCUT2D eigenvalue weighted by Gasteiger charge is -2.45. The summed E-state index contributed by atoms with van der Waals surface area (Å²) >= 11 is 8.07. The topological polar surface area (TPSA) is 36.3 Å². The summed E-state index contributed by atoms with van der Waals surface area (Å²) in [5.41, 5.74) is 0.0410. The first kappa shape index (κ1) is 22.6. The number of rotatable bonds is 11. The molecule has 0 aromatic heterocycles. The Hall–Kier alpha value is -0.690. The number of benzene rings is 1. The van der Waals surface area contributed by atoms with Crippen LogP contribution in [0.1, 0.15) is 60.3 Å². The molecule has 150 valence electrons. The van der Waals surface area contributed by atoms with E-state index < -0.39 is 0 Å². The maximum Gasteiger partial charge on any atom is 0.0892 e. The van der Waals surface area contributed by atoms with Gasteiger partial charge in [-0.15, -0.1) is 23.4 Å². The quantitative estimate of drug-likeness (QED) is 0.227. The van der Waals surface area contributed by atoms with Crippen LogP contribution in [0.2, 0.25) is 0 Å². The zero-order valence-electron chi connectivity index (χ0n) is 17.4. The minimum atomic E-state index is 0.0119. The Bertz CT molecular complexity index is 627. The van der Waals surface area contributed by atoms with E-state index in [9.17, 15) is 5.26 Å². The van der Waals surface area contributed by atoms with Crippen LogP contribution in [0, 0.1) is 28.6 Å². The van der Waals surface area contributed by atoms with Crippen LogP contribution in [0.15, 0.2) is 35.2 Å².